The molecule has 0 N–H and O–H groups in total. The van der Waals surface area contributed by atoms with Gasteiger partial charge in [-0.15, -0.1) is 0 Å². The number of halogens is 1. The molecule has 0 amide bonds. The molecule has 3 heterocycles. The predicted molar refractivity (Wildman–Crippen MR) is 147 cm³/mol. The zero-order chi connectivity index (χ0) is 24.4. The molecule has 0 atom stereocenters. The van der Waals surface area contributed by atoms with Gasteiger partial charge in [0, 0.05) is 82.2 Å². The second-order valence-corrected chi connectivity index (χ2v) is 11.7. The molecule has 35 heavy (non-hydrogen) atoms. The van der Waals surface area contributed by atoms with E-state index >= 15 is 0 Å². The molecule has 192 valence electrons. The third kappa shape index (κ3) is 5.80. The van der Waals surface area contributed by atoms with Crippen LogP contribution >= 0.6 is 11.6 Å². The standard InChI is InChI=1S/C29H44ClN5/c1-23-27(21-33-17-13-31(2)14-18-33)28(22-34-19-15-32(3)16-20-34)29(24-9-11-25(30)12-10-24)35(23)26-7-5-4-6-8-26/h9-12,26H,4-8,13-22H2,1-3H3. The number of benzene rings is 1. The van der Waals surface area contributed by atoms with Gasteiger partial charge in [0.1, 0.15) is 0 Å². The maximum atomic E-state index is 6.34. The third-order valence-electron chi connectivity index (χ3n) is 8.70. The minimum absolute atomic E-state index is 0.613. The Morgan fingerprint density at radius 3 is 1.77 bits per heavy atom. The summed E-state index contributed by atoms with van der Waals surface area (Å²) in [7, 11) is 4.50. The molecule has 1 saturated carbocycles. The smallest absolute Gasteiger partial charge is 0.0534 e. The van der Waals surface area contributed by atoms with Crippen molar-refractivity contribution < 1.29 is 0 Å². The number of rotatable bonds is 6. The summed E-state index contributed by atoms with van der Waals surface area (Å²) >= 11 is 6.34. The second kappa shape index (κ2) is 11.4. The monoisotopic (exact) mass is 497 g/mol. The number of hydrogen-bond donors (Lipinski definition) is 0. The van der Waals surface area contributed by atoms with Crippen molar-refractivity contribution in [2.24, 2.45) is 0 Å². The predicted octanol–water partition coefficient (Wildman–Crippen LogP) is 5.12. The number of likely N-dealkylation sites (N-methyl/N-ethyl adjacent to an activating group) is 2. The fourth-order valence-electron chi connectivity index (χ4n) is 6.38. The molecular weight excluding hydrogens is 454 g/mol. The summed E-state index contributed by atoms with van der Waals surface area (Å²) in [6.45, 7) is 13.8. The van der Waals surface area contributed by atoms with Crippen LogP contribution in [0.1, 0.15) is 55.0 Å². The van der Waals surface area contributed by atoms with Gasteiger partial charge in [0.15, 0.2) is 0 Å². The minimum atomic E-state index is 0.613. The number of hydrogen-bond acceptors (Lipinski definition) is 4. The maximum absolute atomic E-state index is 6.34. The first-order valence-corrected chi connectivity index (χ1v) is 14.2. The van der Waals surface area contributed by atoms with Crippen LogP contribution in [0.3, 0.4) is 0 Å². The summed E-state index contributed by atoms with van der Waals surface area (Å²) in [5.41, 5.74) is 7.46. The van der Waals surface area contributed by atoms with Crippen molar-refractivity contribution in [3.8, 4) is 11.3 Å². The lowest BCUT2D eigenvalue weighted by Crippen LogP contribution is -2.45. The summed E-state index contributed by atoms with van der Waals surface area (Å²) in [6.07, 6.45) is 6.69. The summed E-state index contributed by atoms with van der Waals surface area (Å²) in [6, 6.07) is 9.27. The Bertz CT molecular complexity index is 962. The van der Waals surface area contributed by atoms with Crippen molar-refractivity contribution in [3.05, 3.63) is 46.1 Å². The van der Waals surface area contributed by atoms with E-state index in [0.29, 0.717) is 6.04 Å². The second-order valence-electron chi connectivity index (χ2n) is 11.2. The van der Waals surface area contributed by atoms with Crippen LogP contribution in [0.25, 0.3) is 11.3 Å². The van der Waals surface area contributed by atoms with Crippen LogP contribution in [-0.4, -0.2) is 90.6 Å². The first kappa shape index (κ1) is 25.3. The highest BCUT2D eigenvalue weighted by atomic mass is 35.5. The third-order valence-corrected chi connectivity index (χ3v) is 8.95. The first-order chi connectivity index (χ1) is 17.0. The van der Waals surface area contributed by atoms with Gasteiger partial charge in [0.05, 0.1) is 5.69 Å². The van der Waals surface area contributed by atoms with Crippen molar-refractivity contribution in [2.75, 3.05) is 66.5 Å². The Balaban J connectivity index is 1.58. The lowest BCUT2D eigenvalue weighted by atomic mass is 9.94. The van der Waals surface area contributed by atoms with E-state index < -0.39 is 0 Å². The molecule has 2 aliphatic heterocycles. The molecule has 0 radical (unpaired) electrons. The molecule has 6 heteroatoms. The summed E-state index contributed by atoms with van der Waals surface area (Å²) in [5, 5.41) is 0.819. The average Bonchev–Trinajstić information content (AvgIpc) is 3.14. The molecule has 1 aromatic heterocycles. The molecule has 0 spiro atoms. The minimum Gasteiger partial charge on any atom is -0.341 e. The van der Waals surface area contributed by atoms with Crippen molar-refractivity contribution in [1.82, 2.24) is 24.2 Å². The largest absolute Gasteiger partial charge is 0.341 e. The normalized spacial score (nSPS) is 22.2. The van der Waals surface area contributed by atoms with Gasteiger partial charge in [-0.2, -0.15) is 0 Å². The lowest BCUT2D eigenvalue weighted by molar-refractivity contribution is 0.141. The quantitative estimate of drug-likeness (QED) is 0.551. The van der Waals surface area contributed by atoms with Crippen LogP contribution in [0.2, 0.25) is 5.02 Å². The van der Waals surface area contributed by atoms with Crippen molar-refractivity contribution in [3.63, 3.8) is 0 Å². The Labute approximate surface area is 217 Å². The lowest BCUT2D eigenvalue weighted by Gasteiger charge is -2.34. The van der Waals surface area contributed by atoms with Crippen molar-refractivity contribution in [1.29, 1.82) is 0 Å². The van der Waals surface area contributed by atoms with Gasteiger partial charge < -0.3 is 14.4 Å². The van der Waals surface area contributed by atoms with Crippen molar-refractivity contribution >= 4 is 11.6 Å². The van der Waals surface area contributed by atoms with E-state index in [-0.39, 0.29) is 0 Å². The molecule has 1 aromatic carbocycles. The summed E-state index contributed by atoms with van der Waals surface area (Å²) < 4.78 is 2.76. The molecule has 0 bridgehead atoms. The van der Waals surface area contributed by atoms with Crippen LogP contribution in [0.5, 0.6) is 0 Å². The molecule has 0 unspecified atom stereocenters. The van der Waals surface area contributed by atoms with Crippen LogP contribution in [0, 0.1) is 6.92 Å². The highest BCUT2D eigenvalue weighted by Gasteiger charge is 2.30. The molecule has 3 fully saturated rings. The van der Waals surface area contributed by atoms with Gasteiger partial charge >= 0.3 is 0 Å². The molecule has 5 rings (SSSR count). The Morgan fingerprint density at radius 1 is 0.714 bits per heavy atom. The number of nitrogens with zero attached hydrogens (tertiary/aromatic N) is 5. The fourth-order valence-corrected chi connectivity index (χ4v) is 6.50. The number of piperazine rings is 2. The first-order valence-electron chi connectivity index (χ1n) is 13.8. The molecule has 2 saturated heterocycles. The highest BCUT2D eigenvalue weighted by molar-refractivity contribution is 6.30. The molecule has 2 aromatic rings. The van der Waals surface area contributed by atoms with E-state index in [2.05, 4.69) is 69.5 Å². The summed E-state index contributed by atoms with van der Waals surface area (Å²) in [4.78, 5) is 10.3. The van der Waals surface area contributed by atoms with Crippen LogP contribution in [0.4, 0.5) is 0 Å². The van der Waals surface area contributed by atoms with Crippen LogP contribution in [0.15, 0.2) is 24.3 Å². The maximum Gasteiger partial charge on any atom is 0.0534 e. The van der Waals surface area contributed by atoms with Gasteiger partial charge in [0.2, 0.25) is 0 Å². The Hall–Kier alpha value is -1.37. The van der Waals surface area contributed by atoms with Gasteiger partial charge in [0.25, 0.3) is 0 Å². The van der Waals surface area contributed by atoms with Gasteiger partial charge in [-0.3, -0.25) is 9.80 Å². The van der Waals surface area contributed by atoms with E-state index in [1.165, 1.54) is 62.1 Å². The Kier molecular flexibility index (Phi) is 8.20. The van der Waals surface area contributed by atoms with E-state index in [1.807, 2.05) is 0 Å². The molecule has 1 aliphatic carbocycles. The van der Waals surface area contributed by atoms with Gasteiger partial charge in [-0.1, -0.05) is 43.0 Å². The molecule has 3 aliphatic rings. The zero-order valence-electron chi connectivity index (χ0n) is 22.1. The van der Waals surface area contributed by atoms with E-state index in [9.17, 15) is 0 Å². The fraction of sp³-hybridized carbons (Fsp3) is 0.655. The van der Waals surface area contributed by atoms with E-state index in [0.717, 1.165) is 57.4 Å². The zero-order valence-corrected chi connectivity index (χ0v) is 22.9. The van der Waals surface area contributed by atoms with Crippen LogP contribution < -0.4 is 0 Å². The summed E-state index contributed by atoms with van der Waals surface area (Å²) in [5.74, 6) is 0. The topological polar surface area (TPSA) is 17.9 Å². The average molecular weight is 498 g/mol. The highest BCUT2D eigenvalue weighted by Crippen LogP contribution is 2.40. The SMILES string of the molecule is Cc1c(CN2CCN(C)CC2)c(CN2CCN(C)CC2)c(-c2ccc(Cl)cc2)n1C1CCCCC1. The van der Waals surface area contributed by atoms with E-state index in [4.69, 9.17) is 11.6 Å². The number of aromatic nitrogens is 1. The van der Waals surface area contributed by atoms with Gasteiger partial charge in [-0.25, -0.2) is 0 Å². The molecule has 5 nitrogen and oxygen atoms in total. The van der Waals surface area contributed by atoms with E-state index in [1.54, 1.807) is 11.1 Å². The van der Waals surface area contributed by atoms with Gasteiger partial charge in [-0.05, 0) is 62.7 Å². The van der Waals surface area contributed by atoms with Crippen molar-refractivity contribution in [2.45, 2.75) is 58.2 Å². The van der Waals surface area contributed by atoms with Crippen LogP contribution in [-0.2, 0) is 13.1 Å². The molecular formula is C29H44ClN5. The Morgan fingerprint density at radius 2 is 1.23 bits per heavy atom.